The summed E-state index contributed by atoms with van der Waals surface area (Å²) in [6.07, 6.45) is 3.71. The van der Waals surface area contributed by atoms with Crippen LogP contribution in [0.25, 0.3) is 10.8 Å². The normalized spacial score (nSPS) is 22.1. The van der Waals surface area contributed by atoms with Gasteiger partial charge in [-0.05, 0) is 31.7 Å². The van der Waals surface area contributed by atoms with Gasteiger partial charge in [-0.3, -0.25) is 9.59 Å². The number of carbonyl (C=O) groups is 1. The Kier molecular flexibility index (Phi) is 3.96. The molecule has 3 rings (SSSR count). The second-order valence-electron chi connectivity index (χ2n) is 5.48. The summed E-state index contributed by atoms with van der Waals surface area (Å²) in [6.45, 7) is 0. The Morgan fingerprint density at radius 1 is 1.19 bits per heavy atom. The summed E-state index contributed by atoms with van der Waals surface area (Å²) in [7, 11) is 0. The van der Waals surface area contributed by atoms with Gasteiger partial charge in [-0.25, -0.2) is 5.10 Å². The summed E-state index contributed by atoms with van der Waals surface area (Å²) in [6, 6.07) is 7.76. The van der Waals surface area contributed by atoms with Crippen LogP contribution in [0.5, 0.6) is 0 Å². The van der Waals surface area contributed by atoms with Crippen LogP contribution >= 0.6 is 12.6 Å². The molecule has 1 aromatic carbocycles. The van der Waals surface area contributed by atoms with Crippen molar-refractivity contribution in [1.82, 2.24) is 15.5 Å². The first-order valence-electron chi connectivity index (χ1n) is 7.12. The Morgan fingerprint density at radius 3 is 2.52 bits per heavy atom. The zero-order valence-electron chi connectivity index (χ0n) is 11.5. The quantitative estimate of drug-likeness (QED) is 0.746. The first-order chi connectivity index (χ1) is 10.1. The number of thiol groups is 1. The SMILES string of the molecule is O=C(S)N[C@H]1CC[C@H](c2n[nH]c(=O)c3ccccc32)CC1. The molecule has 0 unspecified atom stereocenters. The van der Waals surface area contributed by atoms with E-state index in [-0.39, 0.29) is 16.8 Å². The molecule has 5 nitrogen and oxygen atoms in total. The molecule has 2 N–H and O–H groups in total. The highest BCUT2D eigenvalue weighted by molar-refractivity contribution is 7.96. The number of H-pyrrole nitrogens is 1. The van der Waals surface area contributed by atoms with E-state index < -0.39 is 0 Å². The average molecular weight is 303 g/mol. The van der Waals surface area contributed by atoms with Crippen LogP contribution in [-0.4, -0.2) is 21.5 Å². The monoisotopic (exact) mass is 303 g/mol. The summed E-state index contributed by atoms with van der Waals surface area (Å²) < 4.78 is 0. The third kappa shape index (κ3) is 2.95. The van der Waals surface area contributed by atoms with E-state index in [0.29, 0.717) is 11.3 Å². The number of rotatable bonds is 2. The first-order valence-corrected chi connectivity index (χ1v) is 7.56. The van der Waals surface area contributed by atoms with Crippen molar-refractivity contribution >= 4 is 28.6 Å². The predicted octanol–water partition coefficient (Wildman–Crippen LogP) is 2.59. The number of carbonyl (C=O) groups excluding carboxylic acids is 1. The molecule has 1 heterocycles. The zero-order chi connectivity index (χ0) is 14.8. The highest BCUT2D eigenvalue weighted by Crippen LogP contribution is 2.34. The van der Waals surface area contributed by atoms with E-state index >= 15 is 0 Å². The van der Waals surface area contributed by atoms with E-state index in [9.17, 15) is 9.59 Å². The first kappa shape index (κ1) is 14.1. The third-order valence-electron chi connectivity index (χ3n) is 4.17. The lowest BCUT2D eigenvalue weighted by Gasteiger charge is -2.28. The van der Waals surface area contributed by atoms with Crippen molar-refractivity contribution in [2.24, 2.45) is 0 Å². The molecule has 0 bridgehead atoms. The van der Waals surface area contributed by atoms with Gasteiger partial charge in [0.1, 0.15) is 0 Å². The molecule has 6 heteroatoms. The average Bonchev–Trinajstić information content (AvgIpc) is 2.48. The van der Waals surface area contributed by atoms with E-state index in [1.54, 1.807) is 0 Å². The van der Waals surface area contributed by atoms with Crippen molar-refractivity contribution in [3.8, 4) is 0 Å². The van der Waals surface area contributed by atoms with Crippen LogP contribution in [0.4, 0.5) is 4.79 Å². The summed E-state index contributed by atoms with van der Waals surface area (Å²) in [5.74, 6) is 0.319. The van der Waals surface area contributed by atoms with E-state index in [1.165, 1.54) is 0 Å². The van der Waals surface area contributed by atoms with Gasteiger partial charge in [0.25, 0.3) is 10.8 Å². The molecule has 0 radical (unpaired) electrons. The highest BCUT2D eigenvalue weighted by atomic mass is 32.1. The molecule has 1 aliphatic carbocycles. The van der Waals surface area contributed by atoms with Gasteiger partial charge < -0.3 is 5.32 Å². The maximum Gasteiger partial charge on any atom is 0.276 e. The third-order valence-corrected chi connectivity index (χ3v) is 4.30. The molecule has 2 aromatic rings. The fraction of sp³-hybridized carbons (Fsp3) is 0.400. The van der Waals surface area contributed by atoms with Crippen LogP contribution in [0.1, 0.15) is 37.3 Å². The van der Waals surface area contributed by atoms with Crippen molar-refractivity contribution in [3.05, 3.63) is 40.3 Å². The predicted molar refractivity (Wildman–Crippen MR) is 84.9 cm³/mol. The molecule has 1 saturated carbocycles. The molecular weight excluding hydrogens is 286 g/mol. The van der Waals surface area contributed by atoms with E-state index in [1.807, 2.05) is 24.3 Å². The Hall–Kier alpha value is -1.82. The van der Waals surface area contributed by atoms with E-state index in [0.717, 1.165) is 36.8 Å². The van der Waals surface area contributed by atoms with Gasteiger partial charge >= 0.3 is 0 Å². The van der Waals surface area contributed by atoms with Gasteiger partial charge in [0.2, 0.25) is 0 Å². The van der Waals surface area contributed by atoms with Crippen molar-refractivity contribution in [2.45, 2.75) is 37.6 Å². The molecular formula is C15H17N3O2S. The topological polar surface area (TPSA) is 74.8 Å². The van der Waals surface area contributed by atoms with Crippen LogP contribution in [0.2, 0.25) is 0 Å². The second kappa shape index (κ2) is 5.89. The summed E-state index contributed by atoms with van der Waals surface area (Å²) in [5.41, 5.74) is 0.811. The molecule has 0 saturated heterocycles. The van der Waals surface area contributed by atoms with Gasteiger partial charge in [0.15, 0.2) is 0 Å². The number of aromatic nitrogens is 2. The van der Waals surface area contributed by atoms with Gasteiger partial charge in [-0.2, -0.15) is 5.10 Å². The Balaban J connectivity index is 1.84. The molecule has 110 valence electrons. The minimum absolute atomic E-state index is 0.148. The van der Waals surface area contributed by atoms with Crippen molar-refractivity contribution < 1.29 is 4.79 Å². The van der Waals surface area contributed by atoms with E-state index in [4.69, 9.17) is 0 Å². The number of benzene rings is 1. The summed E-state index contributed by atoms with van der Waals surface area (Å²) in [4.78, 5) is 22.8. The van der Waals surface area contributed by atoms with Crippen molar-refractivity contribution in [1.29, 1.82) is 0 Å². The molecule has 1 aliphatic rings. The largest absolute Gasteiger partial charge is 0.344 e. The smallest absolute Gasteiger partial charge is 0.276 e. The zero-order valence-corrected chi connectivity index (χ0v) is 12.4. The van der Waals surface area contributed by atoms with Gasteiger partial charge in [-0.1, -0.05) is 30.8 Å². The second-order valence-corrected chi connectivity index (χ2v) is 5.89. The minimum Gasteiger partial charge on any atom is -0.344 e. The lowest BCUT2D eigenvalue weighted by atomic mass is 9.83. The van der Waals surface area contributed by atoms with Gasteiger partial charge in [0, 0.05) is 17.3 Å². The Labute approximate surface area is 127 Å². The van der Waals surface area contributed by atoms with Crippen LogP contribution in [-0.2, 0) is 0 Å². The Bertz CT molecular complexity index is 720. The van der Waals surface area contributed by atoms with Crippen LogP contribution in [0.15, 0.2) is 29.1 Å². The van der Waals surface area contributed by atoms with Gasteiger partial charge in [-0.15, -0.1) is 0 Å². The molecule has 0 aliphatic heterocycles. The maximum absolute atomic E-state index is 11.8. The number of amides is 1. The van der Waals surface area contributed by atoms with E-state index in [2.05, 4.69) is 28.1 Å². The van der Waals surface area contributed by atoms with Crippen LogP contribution in [0, 0.1) is 0 Å². The van der Waals surface area contributed by atoms with Gasteiger partial charge in [0.05, 0.1) is 11.1 Å². The number of nitrogens with zero attached hydrogens (tertiary/aromatic N) is 1. The number of nitrogens with one attached hydrogen (secondary N) is 2. The lowest BCUT2D eigenvalue weighted by molar-refractivity contribution is 0.251. The molecule has 1 fully saturated rings. The minimum atomic E-state index is -0.272. The summed E-state index contributed by atoms with van der Waals surface area (Å²) >= 11 is 3.76. The fourth-order valence-corrected chi connectivity index (χ4v) is 3.32. The lowest BCUT2D eigenvalue weighted by Crippen LogP contribution is -2.34. The van der Waals surface area contributed by atoms with Crippen LogP contribution < -0.4 is 10.9 Å². The Morgan fingerprint density at radius 2 is 1.86 bits per heavy atom. The van der Waals surface area contributed by atoms with Crippen LogP contribution in [0.3, 0.4) is 0 Å². The summed E-state index contributed by atoms with van der Waals surface area (Å²) in [5, 5.41) is 11.1. The maximum atomic E-state index is 11.8. The highest BCUT2D eigenvalue weighted by Gasteiger charge is 2.25. The molecule has 1 amide bonds. The number of hydrogen-bond acceptors (Lipinski definition) is 3. The fourth-order valence-electron chi connectivity index (χ4n) is 3.13. The molecule has 0 atom stereocenters. The molecule has 21 heavy (non-hydrogen) atoms. The number of fused-ring (bicyclic) bond motifs is 1. The molecule has 1 aromatic heterocycles. The number of hydrogen-bond donors (Lipinski definition) is 3. The van der Waals surface area contributed by atoms with Crippen molar-refractivity contribution in [2.75, 3.05) is 0 Å². The standard InChI is InChI=1S/C15H17N3O2S/c19-14-12-4-2-1-3-11(12)13(17-18-14)9-5-7-10(8-6-9)16-15(20)21/h1-4,9-10H,5-8H2,(H,18,19)(H2,16,20,21)/t9-,10-. The number of aromatic amines is 1. The van der Waals surface area contributed by atoms with Crippen molar-refractivity contribution in [3.63, 3.8) is 0 Å². The molecule has 0 spiro atoms.